The number of ether oxygens (including phenoxy) is 2. The minimum Gasteiger partial charge on any atom is -0.486 e. The smallest absolute Gasteiger partial charge is 0.255 e. The molecular weight excluding hydrogens is 486 g/mol. The monoisotopic (exact) mass is 509 g/mol. The first kappa shape index (κ1) is 23.1. The maximum atomic E-state index is 12.8. The molecule has 4 aromatic rings. The molecule has 1 atom stereocenters. The summed E-state index contributed by atoms with van der Waals surface area (Å²) in [4.78, 5) is 12.8. The summed E-state index contributed by atoms with van der Waals surface area (Å²) in [5.74, 6) is 1.32. The van der Waals surface area contributed by atoms with Crippen LogP contribution >= 0.6 is 11.6 Å². The Kier molecular flexibility index (Phi) is 6.25. The highest BCUT2D eigenvalue weighted by atomic mass is 35.5. The molecule has 0 fully saturated rings. The van der Waals surface area contributed by atoms with Crippen molar-refractivity contribution in [3.05, 3.63) is 119 Å². The number of anilines is 2. The Hall–Kier alpha value is -4.29. The molecule has 0 saturated heterocycles. The molecule has 0 aromatic heterocycles. The van der Waals surface area contributed by atoms with E-state index in [1.807, 2.05) is 59.6 Å². The lowest BCUT2D eigenvalue weighted by molar-refractivity contribution is 0.102. The number of carbonyl (C=O) groups excluding carboxylic acids is 1. The van der Waals surface area contributed by atoms with Gasteiger partial charge in [0.1, 0.15) is 13.2 Å². The first-order valence-corrected chi connectivity index (χ1v) is 12.5. The highest BCUT2D eigenvalue weighted by Gasteiger charge is 2.30. The van der Waals surface area contributed by atoms with Gasteiger partial charge in [0.05, 0.1) is 17.4 Å². The Labute approximate surface area is 220 Å². The molecule has 0 spiro atoms. The summed E-state index contributed by atoms with van der Waals surface area (Å²) in [6.45, 7) is 1.10. The summed E-state index contributed by atoms with van der Waals surface area (Å²) >= 11 is 5.96. The highest BCUT2D eigenvalue weighted by molar-refractivity contribution is 6.30. The van der Waals surface area contributed by atoms with Crippen LogP contribution in [0.5, 0.6) is 11.5 Å². The van der Waals surface area contributed by atoms with E-state index in [9.17, 15) is 4.79 Å². The predicted molar refractivity (Wildman–Crippen MR) is 146 cm³/mol. The molecule has 6 rings (SSSR count). The minimum absolute atomic E-state index is 0.0435. The second-order valence-corrected chi connectivity index (χ2v) is 9.33. The molecule has 0 radical (unpaired) electrons. The van der Waals surface area contributed by atoms with Crippen molar-refractivity contribution in [2.45, 2.75) is 12.5 Å². The van der Waals surface area contributed by atoms with E-state index in [2.05, 4.69) is 23.5 Å². The molecule has 0 bridgehead atoms. The van der Waals surface area contributed by atoms with Gasteiger partial charge >= 0.3 is 0 Å². The molecule has 4 aromatic carbocycles. The van der Waals surface area contributed by atoms with Crippen LogP contribution in [-0.4, -0.2) is 24.8 Å². The van der Waals surface area contributed by atoms with E-state index in [0.717, 1.165) is 39.7 Å². The van der Waals surface area contributed by atoms with Crippen molar-refractivity contribution in [2.24, 2.45) is 5.10 Å². The molecule has 7 heteroatoms. The van der Waals surface area contributed by atoms with Gasteiger partial charge < -0.3 is 14.8 Å². The second kappa shape index (κ2) is 9.99. The van der Waals surface area contributed by atoms with Crippen LogP contribution in [0.25, 0.3) is 0 Å². The number of rotatable bonds is 5. The third-order valence-corrected chi connectivity index (χ3v) is 6.69. The fourth-order valence-corrected chi connectivity index (χ4v) is 4.74. The van der Waals surface area contributed by atoms with Crippen LogP contribution in [-0.2, 0) is 0 Å². The molecule has 2 aliphatic heterocycles. The average Bonchev–Trinajstić information content (AvgIpc) is 3.39. The fraction of sp³-hybridized carbons (Fsp3) is 0.133. The normalized spacial score (nSPS) is 16.3. The van der Waals surface area contributed by atoms with Crippen molar-refractivity contribution in [2.75, 3.05) is 23.5 Å². The summed E-state index contributed by atoms with van der Waals surface area (Å²) in [5, 5.41) is 10.7. The summed E-state index contributed by atoms with van der Waals surface area (Å²) in [6, 6.07) is 30.8. The topological polar surface area (TPSA) is 63.2 Å². The van der Waals surface area contributed by atoms with Crippen molar-refractivity contribution in [3.63, 3.8) is 0 Å². The molecule has 0 saturated carbocycles. The van der Waals surface area contributed by atoms with Gasteiger partial charge in [0.2, 0.25) is 0 Å². The van der Waals surface area contributed by atoms with E-state index in [-0.39, 0.29) is 11.9 Å². The van der Waals surface area contributed by atoms with Gasteiger partial charge in [0.15, 0.2) is 11.5 Å². The first-order chi connectivity index (χ1) is 18.1. The third-order valence-electron chi connectivity index (χ3n) is 6.44. The quantitative estimate of drug-likeness (QED) is 0.324. The highest BCUT2D eigenvalue weighted by Crippen LogP contribution is 2.39. The Balaban J connectivity index is 1.30. The maximum absolute atomic E-state index is 12.8. The Morgan fingerprint density at radius 3 is 2.46 bits per heavy atom. The lowest BCUT2D eigenvalue weighted by Crippen LogP contribution is -2.19. The SMILES string of the molecule is O=C(Nc1cccc(C2CC(c3ccc4c(c3)OCCO4)=NN2c2ccccc2)c1)c1ccc(Cl)cc1. The van der Waals surface area contributed by atoms with Gasteiger partial charge in [-0.1, -0.05) is 41.9 Å². The summed E-state index contributed by atoms with van der Waals surface area (Å²) < 4.78 is 11.5. The van der Waals surface area contributed by atoms with Gasteiger partial charge in [0.25, 0.3) is 5.91 Å². The van der Waals surface area contributed by atoms with Gasteiger partial charge in [0, 0.05) is 28.3 Å². The molecule has 1 unspecified atom stereocenters. The zero-order valence-corrected chi connectivity index (χ0v) is 20.7. The van der Waals surface area contributed by atoms with Crippen molar-refractivity contribution in [1.82, 2.24) is 0 Å². The number of nitrogens with one attached hydrogen (secondary N) is 1. The number of hydrogen-bond acceptors (Lipinski definition) is 5. The number of halogens is 1. The number of fused-ring (bicyclic) bond motifs is 1. The van der Waals surface area contributed by atoms with Crippen LogP contribution in [0, 0.1) is 0 Å². The van der Waals surface area contributed by atoms with Gasteiger partial charge in [-0.2, -0.15) is 5.10 Å². The van der Waals surface area contributed by atoms with Crippen molar-refractivity contribution < 1.29 is 14.3 Å². The zero-order chi connectivity index (χ0) is 25.2. The molecule has 37 heavy (non-hydrogen) atoms. The van der Waals surface area contributed by atoms with Crippen LogP contribution in [0.2, 0.25) is 5.02 Å². The van der Waals surface area contributed by atoms with Crippen LogP contribution in [0.4, 0.5) is 11.4 Å². The van der Waals surface area contributed by atoms with Crippen LogP contribution < -0.4 is 19.8 Å². The maximum Gasteiger partial charge on any atom is 0.255 e. The molecule has 1 amide bonds. The first-order valence-electron chi connectivity index (χ1n) is 12.1. The second-order valence-electron chi connectivity index (χ2n) is 8.89. The van der Waals surface area contributed by atoms with Crippen LogP contribution in [0.15, 0.2) is 102 Å². The van der Waals surface area contributed by atoms with Crippen LogP contribution in [0.1, 0.15) is 33.9 Å². The van der Waals surface area contributed by atoms with E-state index in [1.165, 1.54) is 0 Å². The predicted octanol–water partition coefficient (Wildman–Crippen LogP) is 6.72. The molecular formula is C30H24ClN3O3. The minimum atomic E-state index is -0.187. The van der Waals surface area contributed by atoms with E-state index in [4.69, 9.17) is 26.2 Å². The molecule has 0 aliphatic carbocycles. The van der Waals surface area contributed by atoms with Gasteiger partial charge in [-0.25, -0.2) is 0 Å². The molecule has 2 aliphatic rings. The lowest BCUT2D eigenvalue weighted by Gasteiger charge is -2.24. The zero-order valence-electron chi connectivity index (χ0n) is 19.9. The molecule has 184 valence electrons. The number of hydrogen-bond donors (Lipinski definition) is 1. The van der Waals surface area contributed by atoms with Crippen molar-refractivity contribution in [1.29, 1.82) is 0 Å². The van der Waals surface area contributed by atoms with E-state index >= 15 is 0 Å². The summed E-state index contributed by atoms with van der Waals surface area (Å²) in [7, 11) is 0. The lowest BCUT2D eigenvalue weighted by atomic mass is 9.97. The Morgan fingerprint density at radius 2 is 1.65 bits per heavy atom. The number of amides is 1. The van der Waals surface area contributed by atoms with Gasteiger partial charge in [-0.3, -0.25) is 9.80 Å². The fourth-order valence-electron chi connectivity index (χ4n) is 4.61. The summed E-state index contributed by atoms with van der Waals surface area (Å²) in [5.41, 5.74) is 5.27. The molecule has 6 nitrogen and oxygen atoms in total. The van der Waals surface area contributed by atoms with Crippen molar-refractivity contribution in [3.8, 4) is 11.5 Å². The van der Waals surface area contributed by atoms with Gasteiger partial charge in [-0.15, -0.1) is 0 Å². The van der Waals surface area contributed by atoms with Gasteiger partial charge in [-0.05, 0) is 72.3 Å². The van der Waals surface area contributed by atoms with E-state index in [0.29, 0.717) is 30.2 Å². The summed E-state index contributed by atoms with van der Waals surface area (Å²) in [6.07, 6.45) is 0.698. The Morgan fingerprint density at radius 1 is 0.865 bits per heavy atom. The molecule has 1 N–H and O–H groups in total. The molecule has 2 heterocycles. The van der Waals surface area contributed by atoms with Crippen molar-refractivity contribution >= 4 is 34.6 Å². The average molecular weight is 510 g/mol. The Bertz CT molecular complexity index is 1470. The van der Waals surface area contributed by atoms with E-state index < -0.39 is 0 Å². The van der Waals surface area contributed by atoms with Crippen LogP contribution in [0.3, 0.4) is 0 Å². The number of nitrogens with zero attached hydrogens (tertiary/aromatic N) is 2. The number of hydrazone groups is 1. The van der Waals surface area contributed by atoms with E-state index in [1.54, 1.807) is 24.3 Å². The number of para-hydroxylation sites is 1. The largest absolute Gasteiger partial charge is 0.486 e. The third kappa shape index (κ3) is 4.88. The number of carbonyl (C=O) groups is 1. The number of benzene rings is 4. The standard InChI is InChI=1S/C30H24ClN3O3/c31-23-12-9-20(10-13-23)30(35)32-24-6-4-5-22(17-24)27-19-26(33-34(27)25-7-2-1-3-8-25)21-11-14-28-29(18-21)37-16-15-36-28/h1-14,17-18,27H,15-16,19H2,(H,32,35).